The van der Waals surface area contributed by atoms with Crippen LogP contribution in [0, 0.1) is 0 Å². The van der Waals surface area contributed by atoms with E-state index in [1.54, 1.807) is 13.0 Å². The summed E-state index contributed by atoms with van der Waals surface area (Å²) in [6.07, 6.45) is 2.93. The van der Waals surface area contributed by atoms with E-state index in [2.05, 4.69) is 0 Å². The van der Waals surface area contributed by atoms with Crippen molar-refractivity contribution in [3.63, 3.8) is 0 Å². The van der Waals surface area contributed by atoms with Gasteiger partial charge in [0.15, 0.2) is 0 Å². The summed E-state index contributed by atoms with van der Waals surface area (Å²) in [5.41, 5.74) is 0. The van der Waals surface area contributed by atoms with Crippen molar-refractivity contribution in [2.75, 3.05) is 5.75 Å². The molecule has 0 saturated carbocycles. The van der Waals surface area contributed by atoms with Gasteiger partial charge < -0.3 is 1.43 Å². The molecule has 0 rings (SSSR count). The van der Waals surface area contributed by atoms with Gasteiger partial charge in [0, 0.05) is 0 Å². The maximum absolute atomic E-state index is 9.89. The van der Waals surface area contributed by atoms with Crippen molar-refractivity contribution < 1.29 is 44.0 Å². The molecule has 0 aromatic heterocycles. The van der Waals surface area contributed by atoms with Gasteiger partial charge in [-0.2, -0.15) is 8.42 Å². The van der Waals surface area contributed by atoms with Crippen LogP contribution in [-0.2, 0) is 10.1 Å². The Morgan fingerprint density at radius 1 is 1.67 bits per heavy atom. The first kappa shape index (κ1) is 12.3. The van der Waals surface area contributed by atoms with Crippen LogP contribution in [0.3, 0.4) is 0 Å². The Kier molecular flexibility index (Phi) is 7.45. The minimum absolute atomic E-state index is 0. The molecular weight excluding hydrogens is 151 g/mol. The average molecular weight is 160 g/mol. The van der Waals surface area contributed by atoms with Gasteiger partial charge in [0.1, 0.15) is 0 Å². The van der Waals surface area contributed by atoms with E-state index in [0.29, 0.717) is 0 Å². The smallest absolute Gasteiger partial charge is 1.00 e. The zero-order valence-electron chi connectivity index (χ0n) is 6.53. The molecule has 0 bridgehead atoms. The fourth-order valence-electron chi connectivity index (χ4n) is 0.218. The largest absolute Gasteiger partial charge is 1.00 e. The molecule has 0 amide bonds. The van der Waals surface area contributed by atoms with Crippen LogP contribution in [0.2, 0.25) is 0 Å². The van der Waals surface area contributed by atoms with E-state index >= 15 is 0 Å². The van der Waals surface area contributed by atoms with Gasteiger partial charge in [-0.25, -0.2) is 0 Å². The fraction of sp³-hybridized carbons (Fsp3) is 0.500. The molecule has 50 valence electrons. The third-order valence-electron chi connectivity index (χ3n) is 0.543. The number of hydrogen-bond acceptors (Lipinski definition) is 2. The summed E-state index contributed by atoms with van der Waals surface area (Å²) in [6.45, 7) is 1.69. The Morgan fingerprint density at radius 2 is 2.11 bits per heavy atom. The molecule has 1 N–H and O–H groups in total. The van der Waals surface area contributed by atoms with Crippen LogP contribution >= 0.6 is 0 Å². The van der Waals surface area contributed by atoms with Crippen LogP contribution < -0.4 is 29.6 Å². The summed E-state index contributed by atoms with van der Waals surface area (Å²) in [4.78, 5) is 0. The first-order valence-electron chi connectivity index (χ1n) is 2.12. The first-order chi connectivity index (χ1) is 3.56. The molecule has 5 heteroatoms. The molecule has 9 heavy (non-hydrogen) atoms. The van der Waals surface area contributed by atoms with Gasteiger partial charge in [-0.15, -0.1) is 0 Å². The van der Waals surface area contributed by atoms with E-state index in [-0.39, 0.29) is 36.7 Å². The van der Waals surface area contributed by atoms with E-state index in [1.807, 2.05) is 0 Å². The maximum atomic E-state index is 9.89. The Labute approximate surface area is 78.7 Å². The summed E-state index contributed by atoms with van der Waals surface area (Å²) in [6, 6.07) is 0. The number of rotatable bonds is 2. The molecule has 0 spiro atoms. The summed E-state index contributed by atoms with van der Waals surface area (Å²) in [5, 5.41) is 0. The Balaban J connectivity index is -0.000000245. The minimum atomic E-state index is -3.77. The summed E-state index contributed by atoms with van der Waals surface area (Å²) < 4.78 is 27.9. The molecule has 0 atom stereocenters. The van der Waals surface area contributed by atoms with Crippen LogP contribution in [0.15, 0.2) is 12.2 Å². The van der Waals surface area contributed by atoms with Crippen molar-refractivity contribution >= 4 is 10.1 Å². The molecule has 0 aliphatic carbocycles. The summed E-state index contributed by atoms with van der Waals surface area (Å²) >= 11 is 0. The zero-order valence-corrected chi connectivity index (χ0v) is 8.35. The average Bonchev–Trinajstić information content (AvgIpc) is 1.59. The monoisotopic (exact) mass is 160 g/mol. The first-order valence-corrected chi connectivity index (χ1v) is 3.73. The third kappa shape index (κ3) is 12.0. The summed E-state index contributed by atoms with van der Waals surface area (Å²) in [7, 11) is -3.77. The molecule has 3 nitrogen and oxygen atoms in total. The second-order valence-electron chi connectivity index (χ2n) is 1.32. The van der Waals surface area contributed by atoms with Gasteiger partial charge in [0.25, 0.3) is 10.1 Å². The topological polar surface area (TPSA) is 54.4 Å². The van der Waals surface area contributed by atoms with Crippen molar-refractivity contribution in [3.8, 4) is 0 Å². The van der Waals surface area contributed by atoms with E-state index in [4.69, 9.17) is 4.55 Å². The Bertz CT molecular complexity index is 175. The van der Waals surface area contributed by atoms with Crippen LogP contribution in [-0.4, -0.2) is 18.7 Å². The van der Waals surface area contributed by atoms with Gasteiger partial charge >= 0.3 is 29.6 Å². The zero-order chi connectivity index (χ0) is 6.62. The quantitative estimate of drug-likeness (QED) is 0.277. The SMILES string of the molecule is C/C=C/CS(=O)(=O)O.[H-].[Na+]. The molecule has 0 saturated heterocycles. The predicted octanol–water partition coefficient (Wildman–Crippen LogP) is -2.43. The van der Waals surface area contributed by atoms with Gasteiger partial charge in [0.05, 0.1) is 5.75 Å². The molecule has 0 aliphatic heterocycles. The van der Waals surface area contributed by atoms with E-state index in [0.717, 1.165) is 0 Å². The van der Waals surface area contributed by atoms with E-state index in [9.17, 15) is 8.42 Å². The van der Waals surface area contributed by atoms with Crippen LogP contribution in [0.25, 0.3) is 0 Å². The summed E-state index contributed by atoms with van der Waals surface area (Å²) in [5.74, 6) is -0.288. The van der Waals surface area contributed by atoms with Crippen molar-refractivity contribution in [3.05, 3.63) is 12.2 Å². The molecule has 0 fully saturated rings. The Hall–Kier alpha value is 0.650. The number of hydrogen-bond donors (Lipinski definition) is 1. The van der Waals surface area contributed by atoms with Crippen molar-refractivity contribution in [1.82, 2.24) is 0 Å². The van der Waals surface area contributed by atoms with E-state index in [1.165, 1.54) is 6.08 Å². The van der Waals surface area contributed by atoms with Gasteiger partial charge in [-0.05, 0) is 6.92 Å². The van der Waals surface area contributed by atoms with Gasteiger partial charge in [-0.3, -0.25) is 4.55 Å². The fourth-order valence-corrected chi connectivity index (χ4v) is 0.653. The molecule has 0 aromatic carbocycles. The van der Waals surface area contributed by atoms with Crippen molar-refractivity contribution in [1.29, 1.82) is 0 Å². The van der Waals surface area contributed by atoms with E-state index < -0.39 is 10.1 Å². The second-order valence-corrected chi connectivity index (χ2v) is 2.81. The van der Waals surface area contributed by atoms with Gasteiger partial charge in [-0.1, -0.05) is 12.2 Å². The molecule has 0 aromatic rings. The molecule has 0 heterocycles. The van der Waals surface area contributed by atoms with Crippen molar-refractivity contribution in [2.24, 2.45) is 0 Å². The predicted molar refractivity (Wildman–Crippen MR) is 32.3 cm³/mol. The van der Waals surface area contributed by atoms with Gasteiger partial charge in [0.2, 0.25) is 0 Å². The molecule has 0 radical (unpaired) electrons. The van der Waals surface area contributed by atoms with Crippen LogP contribution in [0.1, 0.15) is 8.35 Å². The Morgan fingerprint density at radius 3 is 2.22 bits per heavy atom. The minimum Gasteiger partial charge on any atom is -1.00 e. The third-order valence-corrected chi connectivity index (χ3v) is 1.16. The van der Waals surface area contributed by atoms with Crippen LogP contribution in [0.4, 0.5) is 0 Å². The maximum Gasteiger partial charge on any atom is 1.00 e. The van der Waals surface area contributed by atoms with Crippen molar-refractivity contribution in [2.45, 2.75) is 6.92 Å². The standard InChI is InChI=1S/C4H8O3S.Na.H/c1-2-3-4-8(5,6)7;;/h2-3H,4H2,1H3,(H,5,6,7);;/q;+1;-1/b3-2+;;. The molecular formula is C4H9NaO3S. The number of allylic oxidation sites excluding steroid dienone is 1. The molecule has 0 aliphatic rings. The normalized spacial score (nSPS) is 11.3. The second kappa shape index (κ2) is 5.44. The van der Waals surface area contributed by atoms with Crippen LogP contribution in [0.5, 0.6) is 0 Å². The molecule has 0 unspecified atom stereocenters.